The smallest absolute Gasteiger partial charge is 0.335 e. The molecule has 0 amide bonds. The van der Waals surface area contributed by atoms with Crippen LogP contribution in [-0.4, -0.2) is 39.4 Å². The lowest BCUT2D eigenvalue weighted by Crippen LogP contribution is -2.14. The molecule has 1 aliphatic heterocycles. The molecule has 1 aromatic rings. The van der Waals surface area contributed by atoms with Gasteiger partial charge in [0.15, 0.2) is 9.84 Å². The topological polar surface area (TPSA) is 106 Å². The number of carbonyl (C=O) groups is 1. The third-order valence-corrected chi connectivity index (χ3v) is 6.73. The van der Waals surface area contributed by atoms with Gasteiger partial charge in [-0.2, -0.15) is 0 Å². The fourth-order valence-electron chi connectivity index (χ4n) is 1.87. The third kappa shape index (κ3) is 2.48. The second-order valence-electron chi connectivity index (χ2n) is 4.35. The monoisotopic (exact) mass is 316 g/mol. The molecule has 0 unspecified atom stereocenters. The van der Waals surface area contributed by atoms with Gasteiger partial charge in [-0.3, -0.25) is 0 Å². The van der Waals surface area contributed by atoms with Crippen molar-refractivity contribution in [1.82, 2.24) is 0 Å². The van der Waals surface area contributed by atoms with Crippen molar-refractivity contribution in [3.8, 4) is 0 Å². The number of sulfone groups is 2. The number of carboxylic acids is 1. The van der Waals surface area contributed by atoms with E-state index in [0.29, 0.717) is 0 Å². The van der Waals surface area contributed by atoms with Gasteiger partial charge in [0.1, 0.15) is 0 Å². The van der Waals surface area contributed by atoms with Crippen LogP contribution in [0.4, 0.5) is 0 Å². The highest BCUT2D eigenvalue weighted by molar-refractivity contribution is 7.98. The normalized spacial score (nSPS) is 16.6. The average Bonchev–Trinajstić information content (AvgIpc) is 2.60. The summed E-state index contributed by atoms with van der Waals surface area (Å²) >= 11 is 0. The minimum atomic E-state index is -3.84. The van der Waals surface area contributed by atoms with Gasteiger partial charge in [0.05, 0.1) is 21.1 Å². The fraction of sp³-hybridized carbons (Fsp3) is 0.250. The number of carboxylic acid groups (broad SMARTS) is 1. The van der Waals surface area contributed by atoms with Gasteiger partial charge >= 0.3 is 5.97 Å². The molecule has 0 radical (unpaired) electrons. The van der Waals surface area contributed by atoms with Crippen LogP contribution in [-0.2, 0) is 19.7 Å². The van der Waals surface area contributed by atoms with Crippen molar-refractivity contribution in [1.29, 1.82) is 0 Å². The van der Waals surface area contributed by atoms with Gasteiger partial charge in [-0.05, 0) is 29.8 Å². The van der Waals surface area contributed by atoms with E-state index in [1.807, 2.05) is 0 Å². The molecule has 0 aromatic heterocycles. The molecule has 0 bridgehead atoms. The Balaban J connectivity index is 2.53. The molecule has 108 valence electrons. The van der Waals surface area contributed by atoms with Crippen LogP contribution >= 0.6 is 0 Å². The van der Waals surface area contributed by atoms with Crippen molar-refractivity contribution >= 4 is 31.7 Å². The summed E-state index contributed by atoms with van der Waals surface area (Å²) < 4.78 is 47.5. The number of aromatic carboxylic acids is 1. The van der Waals surface area contributed by atoms with Crippen LogP contribution in [0.5, 0.6) is 0 Å². The van der Waals surface area contributed by atoms with Gasteiger partial charge in [-0.1, -0.05) is 6.92 Å². The zero-order chi connectivity index (χ0) is 15.1. The summed E-state index contributed by atoms with van der Waals surface area (Å²) in [5.41, 5.74) is 0.168. The second-order valence-corrected chi connectivity index (χ2v) is 8.67. The number of rotatable bonds is 4. The molecule has 0 fully saturated rings. The molecule has 6 nitrogen and oxygen atoms in total. The van der Waals surface area contributed by atoms with E-state index >= 15 is 0 Å². The van der Waals surface area contributed by atoms with Crippen molar-refractivity contribution in [3.05, 3.63) is 34.2 Å². The van der Waals surface area contributed by atoms with Gasteiger partial charge in [0.2, 0.25) is 9.84 Å². The average molecular weight is 316 g/mol. The van der Waals surface area contributed by atoms with Gasteiger partial charge in [0.25, 0.3) is 0 Å². The van der Waals surface area contributed by atoms with Crippen LogP contribution in [0.1, 0.15) is 22.8 Å². The van der Waals surface area contributed by atoms with Gasteiger partial charge < -0.3 is 5.11 Å². The summed E-state index contributed by atoms with van der Waals surface area (Å²) in [6, 6.07) is 3.60. The lowest BCUT2D eigenvalue weighted by molar-refractivity contribution is 0.0696. The summed E-state index contributed by atoms with van der Waals surface area (Å²) in [4.78, 5) is 10.6. The predicted molar refractivity (Wildman–Crippen MR) is 72.9 cm³/mol. The van der Waals surface area contributed by atoms with E-state index in [1.165, 1.54) is 31.2 Å². The van der Waals surface area contributed by atoms with E-state index in [1.54, 1.807) is 0 Å². The number of hydrogen-bond acceptors (Lipinski definition) is 5. The first-order valence-electron chi connectivity index (χ1n) is 5.71. The molecule has 1 aliphatic rings. The summed E-state index contributed by atoms with van der Waals surface area (Å²) in [6.07, 6.45) is 1.23. The van der Waals surface area contributed by atoms with Crippen LogP contribution in [0, 0.1) is 0 Å². The molecular weight excluding hydrogens is 304 g/mol. The highest BCUT2D eigenvalue weighted by Crippen LogP contribution is 2.34. The van der Waals surface area contributed by atoms with Crippen molar-refractivity contribution in [2.24, 2.45) is 0 Å². The summed E-state index contributed by atoms with van der Waals surface area (Å²) in [7, 11) is -7.33. The Bertz CT molecular complexity index is 816. The zero-order valence-corrected chi connectivity index (χ0v) is 12.2. The molecule has 1 N–H and O–H groups in total. The van der Waals surface area contributed by atoms with Crippen LogP contribution < -0.4 is 0 Å². The molecule has 0 atom stereocenters. The van der Waals surface area contributed by atoms with Crippen LogP contribution in [0.15, 0.2) is 28.0 Å². The molecule has 0 aliphatic carbocycles. The summed E-state index contributed by atoms with van der Waals surface area (Å²) in [6.45, 7) is 1.44. The second kappa shape index (κ2) is 4.71. The quantitative estimate of drug-likeness (QED) is 0.886. The van der Waals surface area contributed by atoms with Crippen LogP contribution in [0.2, 0.25) is 0 Å². The zero-order valence-electron chi connectivity index (χ0n) is 10.5. The Morgan fingerprint density at radius 1 is 1.30 bits per heavy atom. The minimum Gasteiger partial charge on any atom is -0.478 e. The van der Waals surface area contributed by atoms with Crippen molar-refractivity contribution in [2.75, 3.05) is 11.5 Å². The number of fused-ring (bicyclic) bond motifs is 1. The molecule has 0 saturated carbocycles. The summed E-state index contributed by atoms with van der Waals surface area (Å²) in [5, 5.41) is 8.87. The Morgan fingerprint density at radius 3 is 2.50 bits per heavy atom. The molecule has 1 aromatic carbocycles. The number of benzene rings is 1. The largest absolute Gasteiger partial charge is 0.478 e. The summed E-state index contributed by atoms with van der Waals surface area (Å²) in [5.74, 6) is -1.90. The maximum Gasteiger partial charge on any atom is 0.335 e. The van der Waals surface area contributed by atoms with Crippen molar-refractivity contribution < 1.29 is 26.7 Å². The van der Waals surface area contributed by atoms with E-state index in [2.05, 4.69) is 0 Å². The van der Waals surface area contributed by atoms with Crippen LogP contribution in [0.25, 0.3) is 6.08 Å². The van der Waals surface area contributed by atoms with Crippen molar-refractivity contribution in [2.45, 2.75) is 11.8 Å². The Morgan fingerprint density at radius 2 is 1.95 bits per heavy atom. The van der Waals surface area contributed by atoms with Gasteiger partial charge in [-0.15, -0.1) is 0 Å². The number of hydrogen-bond donors (Lipinski definition) is 1. The van der Waals surface area contributed by atoms with E-state index in [4.69, 9.17) is 5.11 Å². The first-order valence-corrected chi connectivity index (χ1v) is 9.01. The molecule has 0 saturated heterocycles. The molecule has 20 heavy (non-hydrogen) atoms. The van der Waals surface area contributed by atoms with Crippen LogP contribution in [0.3, 0.4) is 0 Å². The highest BCUT2D eigenvalue weighted by Gasteiger charge is 2.32. The standard InChI is InChI=1S/C12H12O6S2/c1-2-19(15,16)7-10-6-9-5-8(12(13)14)3-4-11(9)20(10,17)18/h3-6H,2,7H2,1H3,(H,13,14). The van der Waals surface area contributed by atoms with E-state index in [9.17, 15) is 21.6 Å². The van der Waals surface area contributed by atoms with E-state index in [-0.39, 0.29) is 26.7 Å². The molecule has 8 heteroatoms. The fourth-order valence-corrected chi connectivity index (χ4v) is 4.99. The van der Waals surface area contributed by atoms with Crippen molar-refractivity contribution in [3.63, 3.8) is 0 Å². The Hall–Kier alpha value is -1.67. The molecular formula is C12H12O6S2. The third-order valence-electron chi connectivity index (χ3n) is 3.01. The van der Waals surface area contributed by atoms with E-state index in [0.717, 1.165) is 0 Å². The Kier molecular flexibility index (Phi) is 3.47. The highest BCUT2D eigenvalue weighted by atomic mass is 32.2. The van der Waals surface area contributed by atoms with Gasteiger partial charge in [-0.25, -0.2) is 21.6 Å². The maximum absolute atomic E-state index is 12.2. The molecule has 0 spiro atoms. The lowest BCUT2D eigenvalue weighted by atomic mass is 10.1. The van der Waals surface area contributed by atoms with E-state index < -0.39 is 31.4 Å². The first-order chi connectivity index (χ1) is 9.17. The molecule has 2 rings (SSSR count). The predicted octanol–water partition coefficient (Wildman–Crippen LogP) is 0.948. The SMILES string of the molecule is CCS(=O)(=O)CC1=Cc2cc(C(=O)O)ccc2S1(=O)=O. The lowest BCUT2D eigenvalue weighted by Gasteiger charge is -2.04. The minimum absolute atomic E-state index is 0.0465. The maximum atomic E-state index is 12.2. The molecule has 1 heterocycles. The Labute approximate surface area is 116 Å². The van der Waals surface area contributed by atoms with Gasteiger partial charge in [0, 0.05) is 5.75 Å². The first kappa shape index (κ1) is 14.7.